The Kier molecular flexibility index (Phi) is 6.44. The molecule has 1 N–H and O–H groups in total. The van der Waals surface area contributed by atoms with Gasteiger partial charge < -0.3 is 5.32 Å². The Morgan fingerprint density at radius 2 is 2.12 bits per heavy atom. The average molecular weight is 223 g/mol. The highest BCUT2D eigenvalue weighted by atomic mass is 15.2. The summed E-state index contributed by atoms with van der Waals surface area (Å²) >= 11 is 0. The van der Waals surface area contributed by atoms with Crippen LogP contribution in [0.25, 0.3) is 0 Å². The fourth-order valence-corrected chi connectivity index (χ4v) is 2.47. The van der Waals surface area contributed by atoms with Crippen LogP contribution in [0.3, 0.4) is 0 Å². The van der Waals surface area contributed by atoms with Crippen LogP contribution in [-0.4, -0.2) is 36.6 Å². The minimum absolute atomic E-state index is 0.578. The molecule has 0 amide bonds. The highest BCUT2D eigenvalue weighted by Crippen LogP contribution is 2.16. The molecule has 92 valence electrons. The molecule has 3 nitrogen and oxygen atoms in total. The molecule has 1 aliphatic heterocycles. The van der Waals surface area contributed by atoms with E-state index in [0.29, 0.717) is 18.6 Å². The lowest BCUT2D eigenvalue weighted by Crippen LogP contribution is -2.47. The van der Waals surface area contributed by atoms with Crippen LogP contribution < -0.4 is 5.32 Å². The minimum Gasteiger partial charge on any atom is -0.312 e. The van der Waals surface area contributed by atoms with Crippen molar-refractivity contribution in [3.8, 4) is 6.07 Å². The van der Waals surface area contributed by atoms with Crippen molar-refractivity contribution in [2.24, 2.45) is 0 Å². The SMILES string of the molecule is CCC(CC)NCC1CCCCN1CC#N. The zero-order chi connectivity index (χ0) is 11.8. The lowest BCUT2D eigenvalue weighted by molar-refractivity contribution is 0.160. The summed E-state index contributed by atoms with van der Waals surface area (Å²) in [6.45, 7) is 7.20. The quantitative estimate of drug-likeness (QED) is 0.701. The van der Waals surface area contributed by atoms with Crippen molar-refractivity contribution >= 4 is 0 Å². The third kappa shape index (κ3) is 4.11. The van der Waals surface area contributed by atoms with Gasteiger partial charge in [0.05, 0.1) is 12.6 Å². The van der Waals surface area contributed by atoms with Gasteiger partial charge in [0.15, 0.2) is 0 Å². The molecule has 0 bridgehead atoms. The van der Waals surface area contributed by atoms with E-state index in [1.165, 1.54) is 32.1 Å². The Morgan fingerprint density at radius 1 is 1.38 bits per heavy atom. The second-order valence-corrected chi connectivity index (χ2v) is 4.70. The number of nitrogens with one attached hydrogen (secondary N) is 1. The maximum Gasteiger partial charge on any atom is 0.0868 e. The molecular weight excluding hydrogens is 198 g/mol. The van der Waals surface area contributed by atoms with E-state index in [4.69, 9.17) is 5.26 Å². The summed E-state index contributed by atoms with van der Waals surface area (Å²) < 4.78 is 0. The van der Waals surface area contributed by atoms with Crippen LogP contribution in [-0.2, 0) is 0 Å². The molecule has 0 aromatic rings. The molecule has 1 unspecified atom stereocenters. The third-order valence-electron chi connectivity index (χ3n) is 3.65. The van der Waals surface area contributed by atoms with Gasteiger partial charge in [-0.3, -0.25) is 4.90 Å². The standard InChI is InChI=1S/C13H25N3/c1-3-12(4-2)15-11-13-7-5-6-9-16(13)10-8-14/h12-13,15H,3-7,9-11H2,1-2H3. The third-order valence-corrected chi connectivity index (χ3v) is 3.65. The van der Waals surface area contributed by atoms with Gasteiger partial charge in [-0.05, 0) is 32.2 Å². The predicted octanol–water partition coefficient (Wildman–Crippen LogP) is 2.14. The molecule has 0 radical (unpaired) electrons. The summed E-state index contributed by atoms with van der Waals surface area (Å²) in [6, 6.07) is 3.50. The van der Waals surface area contributed by atoms with Crippen LogP contribution >= 0.6 is 0 Å². The zero-order valence-electron chi connectivity index (χ0n) is 10.7. The van der Waals surface area contributed by atoms with Crippen LogP contribution in [0.2, 0.25) is 0 Å². The second-order valence-electron chi connectivity index (χ2n) is 4.70. The normalized spacial score (nSPS) is 22.2. The maximum atomic E-state index is 8.79. The Labute approximate surface area is 99.8 Å². The molecule has 0 aromatic carbocycles. The van der Waals surface area contributed by atoms with Crippen LogP contribution in [0, 0.1) is 11.3 Å². The first-order chi connectivity index (χ1) is 7.81. The van der Waals surface area contributed by atoms with Crippen molar-refractivity contribution in [2.45, 2.75) is 58.0 Å². The molecular formula is C13H25N3. The fourth-order valence-electron chi connectivity index (χ4n) is 2.47. The number of piperidine rings is 1. The second kappa shape index (κ2) is 7.65. The van der Waals surface area contributed by atoms with Crippen molar-refractivity contribution in [3.05, 3.63) is 0 Å². The molecule has 0 aliphatic carbocycles. The first kappa shape index (κ1) is 13.5. The van der Waals surface area contributed by atoms with E-state index in [-0.39, 0.29) is 0 Å². The molecule has 1 heterocycles. The van der Waals surface area contributed by atoms with Crippen molar-refractivity contribution in [1.82, 2.24) is 10.2 Å². The van der Waals surface area contributed by atoms with Gasteiger partial charge in [0.2, 0.25) is 0 Å². The molecule has 1 aliphatic rings. The summed E-state index contributed by atoms with van der Waals surface area (Å²) in [5.74, 6) is 0. The minimum atomic E-state index is 0.578. The molecule has 0 saturated carbocycles. The van der Waals surface area contributed by atoms with Gasteiger partial charge in [0.25, 0.3) is 0 Å². The first-order valence-corrected chi connectivity index (χ1v) is 6.66. The Bertz CT molecular complexity index is 218. The topological polar surface area (TPSA) is 39.1 Å². The number of nitriles is 1. The average Bonchev–Trinajstić information content (AvgIpc) is 2.33. The van der Waals surface area contributed by atoms with E-state index in [2.05, 4.69) is 30.1 Å². The summed E-state index contributed by atoms with van der Waals surface area (Å²) in [7, 11) is 0. The molecule has 0 aromatic heterocycles. The monoisotopic (exact) mass is 223 g/mol. The van der Waals surface area contributed by atoms with Crippen LogP contribution in [0.5, 0.6) is 0 Å². The Balaban J connectivity index is 2.34. The summed E-state index contributed by atoms with van der Waals surface area (Å²) in [4.78, 5) is 2.33. The van der Waals surface area contributed by atoms with Crippen molar-refractivity contribution in [2.75, 3.05) is 19.6 Å². The number of hydrogen-bond acceptors (Lipinski definition) is 3. The molecule has 16 heavy (non-hydrogen) atoms. The highest BCUT2D eigenvalue weighted by Gasteiger charge is 2.22. The molecule has 1 atom stereocenters. The largest absolute Gasteiger partial charge is 0.312 e. The van der Waals surface area contributed by atoms with E-state index in [0.717, 1.165) is 13.1 Å². The van der Waals surface area contributed by atoms with E-state index in [1.807, 2.05) is 0 Å². The molecule has 1 rings (SSSR count). The first-order valence-electron chi connectivity index (χ1n) is 6.66. The fraction of sp³-hybridized carbons (Fsp3) is 0.923. The van der Waals surface area contributed by atoms with Gasteiger partial charge in [0.1, 0.15) is 0 Å². The molecule has 0 spiro atoms. The van der Waals surface area contributed by atoms with E-state index < -0.39 is 0 Å². The van der Waals surface area contributed by atoms with Gasteiger partial charge in [-0.2, -0.15) is 5.26 Å². The van der Waals surface area contributed by atoms with Gasteiger partial charge in [-0.15, -0.1) is 0 Å². The summed E-state index contributed by atoms with van der Waals surface area (Å²) in [5, 5.41) is 12.4. The maximum absolute atomic E-state index is 8.79. The summed E-state index contributed by atoms with van der Waals surface area (Å²) in [5.41, 5.74) is 0. The van der Waals surface area contributed by atoms with Crippen LogP contribution in [0.4, 0.5) is 0 Å². The zero-order valence-corrected chi connectivity index (χ0v) is 10.7. The van der Waals surface area contributed by atoms with Crippen molar-refractivity contribution in [3.63, 3.8) is 0 Å². The van der Waals surface area contributed by atoms with Gasteiger partial charge >= 0.3 is 0 Å². The van der Waals surface area contributed by atoms with Gasteiger partial charge in [-0.1, -0.05) is 20.3 Å². The Morgan fingerprint density at radius 3 is 2.75 bits per heavy atom. The molecule has 3 heteroatoms. The smallest absolute Gasteiger partial charge is 0.0868 e. The number of nitrogens with zero attached hydrogens (tertiary/aromatic N) is 2. The van der Waals surface area contributed by atoms with E-state index >= 15 is 0 Å². The van der Waals surface area contributed by atoms with Crippen molar-refractivity contribution < 1.29 is 0 Å². The number of rotatable bonds is 6. The Hall–Kier alpha value is -0.590. The van der Waals surface area contributed by atoms with Crippen LogP contribution in [0.15, 0.2) is 0 Å². The number of likely N-dealkylation sites (tertiary alicyclic amines) is 1. The summed E-state index contributed by atoms with van der Waals surface area (Å²) in [6.07, 6.45) is 6.21. The van der Waals surface area contributed by atoms with E-state index in [9.17, 15) is 0 Å². The van der Waals surface area contributed by atoms with Crippen molar-refractivity contribution in [1.29, 1.82) is 5.26 Å². The lowest BCUT2D eigenvalue weighted by Gasteiger charge is -2.35. The van der Waals surface area contributed by atoms with Gasteiger partial charge in [0, 0.05) is 18.6 Å². The highest BCUT2D eigenvalue weighted by molar-refractivity contribution is 4.86. The lowest BCUT2D eigenvalue weighted by atomic mass is 10.0. The predicted molar refractivity (Wildman–Crippen MR) is 67.2 cm³/mol. The molecule has 1 fully saturated rings. The number of hydrogen-bond donors (Lipinski definition) is 1. The van der Waals surface area contributed by atoms with Gasteiger partial charge in [-0.25, -0.2) is 0 Å². The van der Waals surface area contributed by atoms with Crippen LogP contribution in [0.1, 0.15) is 46.0 Å². The molecule has 1 saturated heterocycles. The van der Waals surface area contributed by atoms with E-state index in [1.54, 1.807) is 0 Å².